The molecule has 1 atom stereocenters. The fourth-order valence-corrected chi connectivity index (χ4v) is 3.89. The van der Waals surface area contributed by atoms with Crippen molar-refractivity contribution >= 4 is 27.7 Å². The van der Waals surface area contributed by atoms with Crippen molar-refractivity contribution in [1.29, 1.82) is 0 Å². The first-order valence-corrected chi connectivity index (χ1v) is 8.71. The van der Waals surface area contributed by atoms with E-state index in [-0.39, 0.29) is 19.0 Å². The Hall–Kier alpha value is -2.47. The molecular formula is C20H20F2N2O2. The topological polar surface area (TPSA) is 45.5 Å². The second kappa shape index (κ2) is 6.06. The Balaban J connectivity index is 1.78. The number of β-amino-alcohol motifs (C(OH)–C–C–N with tert-alkyl or cyclic N) is 1. The van der Waals surface area contributed by atoms with E-state index in [9.17, 15) is 18.7 Å². The quantitative estimate of drug-likeness (QED) is 0.776. The molecule has 6 heteroatoms. The van der Waals surface area contributed by atoms with Gasteiger partial charge in [-0.15, -0.1) is 0 Å². The number of fused-ring (bicyclic) bond motifs is 3. The Morgan fingerprint density at radius 3 is 2.12 bits per heavy atom. The fraction of sp³-hybridized carbons (Fsp3) is 0.350. The standard InChI is InChI=1S/C20H20F2N2O2/c1-20(26,11-23-8-2-3-19(23)25)12-24-17-6-4-13(21)9-15(17)16-10-14(22)5-7-18(16)24/h4-7,9-10,26H,2-3,8,11-12H2,1H3. The van der Waals surface area contributed by atoms with E-state index >= 15 is 0 Å². The van der Waals surface area contributed by atoms with Crippen molar-refractivity contribution in [3.63, 3.8) is 0 Å². The van der Waals surface area contributed by atoms with Gasteiger partial charge in [0.05, 0.1) is 18.7 Å². The maximum atomic E-state index is 13.7. The molecule has 1 aliphatic rings. The lowest BCUT2D eigenvalue weighted by molar-refractivity contribution is -0.130. The summed E-state index contributed by atoms with van der Waals surface area (Å²) in [5.74, 6) is -0.734. The van der Waals surface area contributed by atoms with Gasteiger partial charge in [-0.25, -0.2) is 8.78 Å². The highest BCUT2D eigenvalue weighted by Crippen LogP contribution is 2.31. The first-order chi connectivity index (χ1) is 12.3. The first-order valence-electron chi connectivity index (χ1n) is 8.71. The summed E-state index contributed by atoms with van der Waals surface area (Å²) < 4.78 is 29.3. The van der Waals surface area contributed by atoms with Crippen LogP contribution in [0.3, 0.4) is 0 Å². The summed E-state index contributed by atoms with van der Waals surface area (Å²) in [4.78, 5) is 13.6. The maximum Gasteiger partial charge on any atom is 0.222 e. The summed E-state index contributed by atoms with van der Waals surface area (Å²) in [7, 11) is 0. The van der Waals surface area contributed by atoms with Crippen LogP contribution in [0, 0.1) is 11.6 Å². The lowest BCUT2D eigenvalue weighted by Crippen LogP contribution is -2.44. The van der Waals surface area contributed by atoms with Crippen LogP contribution in [0.1, 0.15) is 19.8 Å². The van der Waals surface area contributed by atoms with Gasteiger partial charge in [0, 0.05) is 34.8 Å². The van der Waals surface area contributed by atoms with Gasteiger partial charge in [0.15, 0.2) is 0 Å². The van der Waals surface area contributed by atoms with Gasteiger partial charge in [-0.2, -0.15) is 0 Å². The van der Waals surface area contributed by atoms with E-state index in [0.29, 0.717) is 23.7 Å². The predicted molar refractivity (Wildman–Crippen MR) is 95.8 cm³/mol. The van der Waals surface area contributed by atoms with E-state index in [1.54, 1.807) is 24.0 Å². The molecular weight excluding hydrogens is 338 g/mol. The number of carbonyl (C=O) groups excluding carboxylic acids is 1. The molecule has 1 saturated heterocycles. The SMILES string of the molecule is CC(O)(CN1CCCC1=O)Cn1c2ccc(F)cc2c2cc(F)ccc21. The smallest absolute Gasteiger partial charge is 0.222 e. The summed E-state index contributed by atoms with van der Waals surface area (Å²) in [6, 6.07) is 8.75. The number of aromatic nitrogens is 1. The zero-order valence-corrected chi connectivity index (χ0v) is 14.5. The number of halogens is 2. The van der Waals surface area contributed by atoms with E-state index in [1.807, 2.05) is 4.57 Å². The summed E-state index contributed by atoms with van der Waals surface area (Å²) in [6.45, 7) is 2.78. The molecule has 2 aromatic carbocycles. The molecule has 1 amide bonds. The van der Waals surface area contributed by atoms with Crippen LogP contribution in [0.5, 0.6) is 0 Å². The molecule has 1 fully saturated rings. The number of rotatable bonds is 4. The molecule has 1 aromatic heterocycles. The van der Waals surface area contributed by atoms with Crippen molar-refractivity contribution in [2.75, 3.05) is 13.1 Å². The molecule has 3 aromatic rings. The van der Waals surface area contributed by atoms with Crippen LogP contribution in [-0.2, 0) is 11.3 Å². The highest BCUT2D eigenvalue weighted by Gasteiger charge is 2.31. The van der Waals surface area contributed by atoms with Crippen LogP contribution in [0.25, 0.3) is 21.8 Å². The van der Waals surface area contributed by atoms with Crippen molar-refractivity contribution in [2.24, 2.45) is 0 Å². The first kappa shape index (κ1) is 17.0. The molecule has 1 aliphatic heterocycles. The van der Waals surface area contributed by atoms with Crippen molar-refractivity contribution in [2.45, 2.75) is 31.9 Å². The molecule has 0 saturated carbocycles. The number of amides is 1. The molecule has 0 aliphatic carbocycles. The highest BCUT2D eigenvalue weighted by atomic mass is 19.1. The molecule has 4 rings (SSSR count). The minimum atomic E-state index is -1.17. The summed E-state index contributed by atoms with van der Waals surface area (Å²) in [6.07, 6.45) is 1.33. The molecule has 0 radical (unpaired) electrons. The minimum Gasteiger partial charge on any atom is -0.386 e. The Labute approximate surface area is 149 Å². The largest absolute Gasteiger partial charge is 0.386 e. The fourth-order valence-electron chi connectivity index (χ4n) is 3.89. The molecule has 1 unspecified atom stereocenters. The van der Waals surface area contributed by atoms with Gasteiger partial charge in [0.1, 0.15) is 11.6 Å². The number of carbonyl (C=O) groups is 1. The lowest BCUT2D eigenvalue weighted by Gasteiger charge is -2.30. The third-order valence-corrected chi connectivity index (χ3v) is 4.99. The average molecular weight is 358 g/mol. The molecule has 4 nitrogen and oxygen atoms in total. The second-order valence-electron chi connectivity index (χ2n) is 7.32. The minimum absolute atomic E-state index is 0.0524. The number of benzene rings is 2. The van der Waals surface area contributed by atoms with Crippen molar-refractivity contribution in [1.82, 2.24) is 9.47 Å². The zero-order chi connectivity index (χ0) is 18.5. The zero-order valence-electron chi connectivity index (χ0n) is 14.5. The van der Waals surface area contributed by atoms with Crippen molar-refractivity contribution in [3.05, 3.63) is 48.0 Å². The van der Waals surface area contributed by atoms with Crippen molar-refractivity contribution in [3.8, 4) is 0 Å². The Bertz CT molecular complexity index is 951. The third-order valence-electron chi connectivity index (χ3n) is 4.99. The van der Waals surface area contributed by atoms with E-state index in [0.717, 1.165) is 17.5 Å². The van der Waals surface area contributed by atoms with Gasteiger partial charge in [-0.3, -0.25) is 4.79 Å². The van der Waals surface area contributed by atoms with Gasteiger partial charge in [0.2, 0.25) is 5.91 Å². The number of likely N-dealkylation sites (tertiary alicyclic amines) is 1. The molecule has 136 valence electrons. The molecule has 0 bridgehead atoms. The van der Waals surface area contributed by atoms with Gasteiger partial charge in [-0.1, -0.05) is 0 Å². The van der Waals surface area contributed by atoms with Crippen LogP contribution in [-0.4, -0.2) is 39.2 Å². The van der Waals surface area contributed by atoms with Gasteiger partial charge < -0.3 is 14.6 Å². The molecule has 2 heterocycles. The summed E-state index contributed by atoms with van der Waals surface area (Å²) >= 11 is 0. The Morgan fingerprint density at radius 1 is 1.04 bits per heavy atom. The Morgan fingerprint density at radius 2 is 1.62 bits per heavy atom. The van der Waals surface area contributed by atoms with Gasteiger partial charge in [0.25, 0.3) is 0 Å². The van der Waals surface area contributed by atoms with Crippen molar-refractivity contribution < 1.29 is 18.7 Å². The monoisotopic (exact) mass is 358 g/mol. The van der Waals surface area contributed by atoms with Gasteiger partial charge in [-0.05, 0) is 49.7 Å². The van der Waals surface area contributed by atoms with E-state index in [1.165, 1.54) is 24.3 Å². The maximum absolute atomic E-state index is 13.7. The average Bonchev–Trinajstić information content (AvgIpc) is 3.09. The lowest BCUT2D eigenvalue weighted by atomic mass is 10.1. The van der Waals surface area contributed by atoms with Crippen LogP contribution < -0.4 is 0 Å². The molecule has 26 heavy (non-hydrogen) atoms. The van der Waals surface area contributed by atoms with Crippen LogP contribution in [0.2, 0.25) is 0 Å². The Kier molecular flexibility index (Phi) is 3.95. The normalized spacial score (nSPS) is 17.4. The summed E-state index contributed by atoms with van der Waals surface area (Å²) in [5.41, 5.74) is 0.279. The van der Waals surface area contributed by atoms with E-state index in [4.69, 9.17) is 0 Å². The van der Waals surface area contributed by atoms with Crippen LogP contribution in [0.4, 0.5) is 8.78 Å². The highest BCUT2D eigenvalue weighted by molar-refractivity contribution is 6.08. The van der Waals surface area contributed by atoms with Gasteiger partial charge >= 0.3 is 0 Å². The second-order valence-corrected chi connectivity index (χ2v) is 7.32. The molecule has 0 spiro atoms. The molecule has 1 N–H and O–H groups in total. The predicted octanol–water partition coefficient (Wildman–Crippen LogP) is 3.45. The number of aliphatic hydroxyl groups is 1. The third kappa shape index (κ3) is 2.94. The summed E-state index contributed by atoms with van der Waals surface area (Å²) in [5, 5.41) is 12.1. The number of hydrogen-bond acceptors (Lipinski definition) is 2. The van der Waals surface area contributed by atoms with E-state index < -0.39 is 17.2 Å². The van der Waals surface area contributed by atoms with Crippen LogP contribution >= 0.6 is 0 Å². The number of nitrogens with zero attached hydrogens (tertiary/aromatic N) is 2. The van der Waals surface area contributed by atoms with Crippen LogP contribution in [0.15, 0.2) is 36.4 Å². The number of hydrogen-bond donors (Lipinski definition) is 1. The van der Waals surface area contributed by atoms with E-state index in [2.05, 4.69) is 0 Å².